The molecule has 1 aromatic carbocycles. The van der Waals surface area contributed by atoms with Gasteiger partial charge in [0.1, 0.15) is 11.4 Å². The van der Waals surface area contributed by atoms with E-state index in [1.54, 1.807) is 51.3 Å². The fourth-order valence-electron chi connectivity index (χ4n) is 1.07. The van der Waals surface area contributed by atoms with Gasteiger partial charge in [-0.05, 0) is 44.2 Å². The number of ether oxygens (including phenoxy) is 2. The highest BCUT2D eigenvalue weighted by Gasteiger charge is 2.19. The maximum atomic E-state index is 11.7. The lowest BCUT2D eigenvalue weighted by Gasteiger charge is -2.20. The molecule has 0 radical (unpaired) electrons. The highest BCUT2D eigenvalue weighted by molar-refractivity contribution is 5.89. The number of hydrogen-bond donors (Lipinski definition) is 0. The van der Waals surface area contributed by atoms with E-state index < -0.39 is 5.60 Å². The maximum absolute atomic E-state index is 11.7. The zero-order chi connectivity index (χ0) is 12.2. The molecule has 0 aliphatic heterocycles. The Labute approximate surface area is 95.7 Å². The molecule has 1 rings (SSSR count). The fourth-order valence-corrected chi connectivity index (χ4v) is 1.07. The standard InChI is InChI=1S/C13H16O3/c1-5-13(2,3)16-12(14)10-6-8-11(15-4)9-7-10/h5-9H,1H2,2-4H3. The first-order chi connectivity index (χ1) is 7.48. The fraction of sp³-hybridized carbons (Fsp3) is 0.308. The van der Waals surface area contributed by atoms with Crippen LogP contribution < -0.4 is 4.74 Å². The Morgan fingerprint density at radius 1 is 1.31 bits per heavy atom. The van der Waals surface area contributed by atoms with Crippen molar-refractivity contribution in [3.8, 4) is 5.75 Å². The summed E-state index contributed by atoms with van der Waals surface area (Å²) in [5.41, 5.74) is -0.160. The van der Waals surface area contributed by atoms with Gasteiger partial charge in [0.25, 0.3) is 0 Å². The summed E-state index contributed by atoms with van der Waals surface area (Å²) >= 11 is 0. The zero-order valence-electron chi connectivity index (χ0n) is 9.82. The van der Waals surface area contributed by atoms with Gasteiger partial charge >= 0.3 is 5.97 Å². The first-order valence-corrected chi connectivity index (χ1v) is 4.99. The first-order valence-electron chi connectivity index (χ1n) is 4.99. The average molecular weight is 220 g/mol. The smallest absolute Gasteiger partial charge is 0.338 e. The van der Waals surface area contributed by atoms with Gasteiger partial charge in [-0.2, -0.15) is 0 Å². The summed E-state index contributed by atoms with van der Waals surface area (Å²) in [6.07, 6.45) is 1.59. The quantitative estimate of drug-likeness (QED) is 0.578. The number of hydrogen-bond acceptors (Lipinski definition) is 3. The van der Waals surface area contributed by atoms with Gasteiger partial charge < -0.3 is 9.47 Å². The molecular weight excluding hydrogens is 204 g/mol. The SMILES string of the molecule is C=CC(C)(C)OC(=O)c1ccc(OC)cc1. The molecule has 0 unspecified atom stereocenters. The number of benzene rings is 1. The Bertz CT molecular complexity index is 377. The number of methoxy groups -OCH3 is 1. The van der Waals surface area contributed by atoms with Gasteiger partial charge in [0, 0.05) is 0 Å². The molecule has 0 aromatic heterocycles. The topological polar surface area (TPSA) is 35.5 Å². The van der Waals surface area contributed by atoms with Crippen LogP contribution in [0.5, 0.6) is 5.75 Å². The molecule has 3 nitrogen and oxygen atoms in total. The molecule has 0 fully saturated rings. The van der Waals surface area contributed by atoms with Crippen LogP contribution in [0.3, 0.4) is 0 Å². The van der Waals surface area contributed by atoms with Crippen LogP contribution in [0.25, 0.3) is 0 Å². The highest BCUT2D eigenvalue weighted by atomic mass is 16.6. The summed E-state index contributed by atoms with van der Waals surface area (Å²) in [6, 6.07) is 6.77. The lowest BCUT2D eigenvalue weighted by molar-refractivity contribution is 0.0174. The van der Waals surface area contributed by atoms with Crippen molar-refractivity contribution >= 4 is 5.97 Å². The molecule has 0 aliphatic carbocycles. The second-order valence-electron chi connectivity index (χ2n) is 3.93. The lowest BCUT2D eigenvalue weighted by Crippen LogP contribution is -2.25. The van der Waals surface area contributed by atoms with E-state index in [9.17, 15) is 4.79 Å². The summed E-state index contributed by atoms with van der Waals surface area (Å²) in [5.74, 6) is 0.340. The number of esters is 1. The molecule has 0 saturated carbocycles. The number of carbonyl (C=O) groups excluding carboxylic acids is 1. The van der Waals surface area contributed by atoms with E-state index in [1.807, 2.05) is 0 Å². The molecule has 0 bridgehead atoms. The van der Waals surface area contributed by atoms with Gasteiger partial charge in [0.15, 0.2) is 0 Å². The predicted octanol–water partition coefficient (Wildman–Crippen LogP) is 2.82. The van der Waals surface area contributed by atoms with E-state index in [-0.39, 0.29) is 5.97 Å². The molecular formula is C13H16O3. The zero-order valence-corrected chi connectivity index (χ0v) is 9.82. The Morgan fingerprint density at radius 2 is 1.88 bits per heavy atom. The van der Waals surface area contributed by atoms with Gasteiger partial charge in [-0.3, -0.25) is 0 Å². The molecule has 0 N–H and O–H groups in total. The van der Waals surface area contributed by atoms with Gasteiger partial charge in [-0.15, -0.1) is 0 Å². The van der Waals surface area contributed by atoms with Crippen molar-refractivity contribution in [3.05, 3.63) is 42.5 Å². The highest BCUT2D eigenvalue weighted by Crippen LogP contribution is 2.16. The van der Waals surface area contributed by atoms with Crippen molar-refractivity contribution in [1.82, 2.24) is 0 Å². The third kappa shape index (κ3) is 3.12. The van der Waals surface area contributed by atoms with Crippen LogP contribution in [0.4, 0.5) is 0 Å². The number of rotatable bonds is 4. The van der Waals surface area contributed by atoms with E-state index in [4.69, 9.17) is 9.47 Å². The van der Waals surface area contributed by atoms with Crippen molar-refractivity contribution in [2.75, 3.05) is 7.11 Å². The van der Waals surface area contributed by atoms with Crippen molar-refractivity contribution in [2.24, 2.45) is 0 Å². The van der Waals surface area contributed by atoms with Crippen molar-refractivity contribution < 1.29 is 14.3 Å². The summed E-state index contributed by atoms with van der Waals surface area (Å²) in [7, 11) is 1.58. The molecule has 0 heterocycles. The first kappa shape index (κ1) is 12.3. The minimum absolute atomic E-state index is 0.368. The summed E-state index contributed by atoms with van der Waals surface area (Å²) in [5, 5.41) is 0. The van der Waals surface area contributed by atoms with E-state index in [0.717, 1.165) is 0 Å². The Kier molecular flexibility index (Phi) is 3.72. The molecule has 16 heavy (non-hydrogen) atoms. The molecule has 0 aliphatic rings. The average Bonchev–Trinajstić information content (AvgIpc) is 2.28. The minimum atomic E-state index is -0.656. The van der Waals surface area contributed by atoms with E-state index in [1.165, 1.54) is 0 Å². The number of carbonyl (C=O) groups is 1. The van der Waals surface area contributed by atoms with Crippen LogP contribution in [-0.4, -0.2) is 18.7 Å². The van der Waals surface area contributed by atoms with Gasteiger partial charge in [0.05, 0.1) is 12.7 Å². The van der Waals surface area contributed by atoms with E-state index in [2.05, 4.69) is 6.58 Å². The monoisotopic (exact) mass is 220 g/mol. The van der Waals surface area contributed by atoms with Crippen molar-refractivity contribution in [1.29, 1.82) is 0 Å². The second kappa shape index (κ2) is 4.84. The molecule has 3 heteroatoms. The van der Waals surface area contributed by atoms with Crippen LogP contribution in [0, 0.1) is 0 Å². The molecule has 0 atom stereocenters. The second-order valence-corrected chi connectivity index (χ2v) is 3.93. The third-order valence-electron chi connectivity index (χ3n) is 2.17. The van der Waals surface area contributed by atoms with Crippen LogP contribution >= 0.6 is 0 Å². The lowest BCUT2D eigenvalue weighted by atomic mass is 10.1. The molecule has 0 saturated heterocycles. The largest absolute Gasteiger partial charge is 0.497 e. The predicted molar refractivity (Wildman–Crippen MR) is 62.7 cm³/mol. The summed E-state index contributed by atoms with van der Waals surface area (Å²) < 4.78 is 10.3. The molecule has 0 amide bonds. The Balaban J connectivity index is 2.77. The maximum Gasteiger partial charge on any atom is 0.338 e. The van der Waals surface area contributed by atoms with Crippen molar-refractivity contribution in [2.45, 2.75) is 19.4 Å². The molecule has 1 aromatic rings. The van der Waals surface area contributed by atoms with Gasteiger partial charge in [0.2, 0.25) is 0 Å². The molecule has 0 spiro atoms. The van der Waals surface area contributed by atoms with Gasteiger partial charge in [-0.25, -0.2) is 4.79 Å². The van der Waals surface area contributed by atoms with E-state index >= 15 is 0 Å². The summed E-state index contributed by atoms with van der Waals surface area (Å²) in [6.45, 7) is 7.17. The Morgan fingerprint density at radius 3 is 2.31 bits per heavy atom. The van der Waals surface area contributed by atoms with E-state index in [0.29, 0.717) is 11.3 Å². The van der Waals surface area contributed by atoms with Crippen molar-refractivity contribution in [3.63, 3.8) is 0 Å². The van der Waals surface area contributed by atoms with Crippen LogP contribution in [0.2, 0.25) is 0 Å². The summed E-state index contributed by atoms with van der Waals surface area (Å²) in [4.78, 5) is 11.7. The minimum Gasteiger partial charge on any atom is -0.497 e. The van der Waals surface area contributed by atoms with Crippen LogP contribution in [0.1, 0.15) is 24.2 Å². The molecule has 86 valence electrons. The third-order valence-corrected chi connectivity index (χ3v) is 2.17. The van der Waals surface area contributed by atoms with Gasteiger partial charge in [-0.1, -0.05) is 6.58 Å². The van der Waals surface area contributed by atoms with Crippen LogP contribution in [-0.2, 0) is 4.74 Å². The Hall–Kier alpha value is -1.77. The normalized spacial score (nSPS) is 10.7. The van der Waals surface area contributed by atoms with Crippen LogP contribution in [0.15, 0.2) is 36.9 Å².